The maximum Gasteiger partial charge on any atom is 0.244 e. The standard InChI is InChI=1S/C20H18BrCl2N3O3S/c21-15-9-12(1-3-16(15)22)18-11-24-20(25-18)13-2-4-17(23)19(10-13)30(28,29)26-7-5-14(27)6-8-26/h1-4,9-11,14,27H,5-8H2,(H,24,25). The number of halogens is 3. The molecule has 0 amide bonds. The van der Waals surface area contributed by atoms with Gasteiger partial charge in [-0.25, -0.2) is 13.4 Å². The molecule has 0 unspecified atom stereocenters. The van der Waals surface area contributed by atoms with Crippen LogP contribution in [0.5, 0.6) is 0 Å². The fourth-order valence-corrected chi connectivity index (χ4v) is 5.81. The summed E-state index contributed by atoms with van der Waals surface area (Å²) in [7, 11) is -3.77. The van der Waals surface area contributed by atoms with E-state index in [1.165, 1.54) is 10.4 Å². The molecule has 0 radical (unpaired) electrons. The van der Waals surface area contributed by atoms with Crippen molar-refractivity contribution in [3.63, 3.8) is 0 Å². The van der Waals surface area contributed by atoms with Crippen LogP contribution in [0, 0.1) is 0 Å². The van der Waals surface area contributed by atoms with E-state index in [1.54, 1.807) is 24.4 Å². The van der Waals surface area contributed by atoms with Gasteiger partial charge in [-0.2, -0.15) is 4.31 Å². The SMILES string of the molecule is O=S(=O)(c1cc(-c2nc(-c3ccc(Cl)c(Br)c3)c[nH]2)ccc1Cl)N1CCC(O)CC1. The van der Waals surface area contributed by atoms with Gasteiger partial charge in [0.05, 0.1) is 21.8 Å². The third-order valence-corrected chi connectivity index (χ3v) is 8.63. The van der Waals surface area contributed by atoms with E-state index in [2.05, 4.69) is 25.9 Å². The minimum absolute atomic E-state index is 0.0326. The molecule has 1 fully saturated rings. The van der Waals surface area contributed by atoms with Gasteiger partial charge in [-0.3, -0.25) is 0 Å². The van der Waals surface area contributed by atoms with Crippen molar-refractivity contribution in [1.82, 2.24) is 14.3 Å². The Balaban J connectivity index is 1.67. The Hall–Kier alpha value is -1.42. The Morgan fingerprint density at radius 1 is 1.07 bits per heavy atom. The molecule has 0 bridgehead atoms. The number of hydrogen-bond acceptors (Lipinski definition) is 4. The predicted molar refractivity (Wildman–Crippen MR) is 121 cm³/mol. The molecule has 2 N–H and O–H groups in total. The second-order valence-electron chi connectivity index (χ2n) is 7.04. The minimum Gasteiger partial charge on any atom is -0.393 e. The summed E-state index contributed by atoms with van der Waals surface area (Å²) in [5.74, 6) is 0.526. The summed E-state index contributed by atoms with van der Waals surface area (Å²) in [5.41, 5.74) is 2.17. The Morgan fingerprint density at radius 3 is 2.43 bits per heavy atom. The zero-order valence-corrected chi connectivity index (χ0v) is 19.6. The van der Waals surface area contributed by atoms with Gasteiger partial charge in [0.25, 0.3) is 0 Å². The normalized spacial score (nSPS) is 16.1. The zero-order valence-electron chi connectivity index (χ0n) is 15.6. The summed E-state index contributed by atoms with van der Waals surface area (Å²) in [6.07, 6.45) is 2.11. The Bertz CT molecular complexity index is 1190. The van der Waals surface area contributed by atoms with Crippen molar-refractivity contribution in [2.75, 3.05) is 13.1 Å². The number of aliphatic hydroxyl groups excluding tert-OH is 1. The maximum atomic E-state index is 13.1. The highest BCUT2D eigenvalue weighted by atomic mass is 79.9. The van der Waals surface area contributed by atoms with Gasteiger partial charge in [0.15, 0.2) is 0 Å². The molecule has 2 aromatic carbocycles. The quantitative estimate of drug-likeness (QED) is 0.499. The van der Waals surface area contributed by atoms with E-state index in [4.69, 9.17) is 23.2 Å². The van der Waals surface area contributed by atoms with Crippen LogP contribution in [0.3, 0.4) is 0 Å². The summed E-state index contributed by atoms with van der Waals surface area (Å²) < 4.78 is 28.3. The number of H-pyrrole nitrogens is 1. The van der Waals surface area contributed by atoms with E-state index >= 15 is 0 Å². The molecule has 1 aliphatic heterocycles. The van der Waals surface area contributed by atoms with Gasteiger partial charge >= 0.3 is 0 Å². The van der Waals surface area contributed by atoms with E-state index < -0.39 is 16.1 Å². The average molecular weight is 531 g/mol. The molecule has 2 heterocycles. The first kappa shape index (κ1) is 21.8. The topological polar surface area (TPSA) is 86.3 Å². The molecule has 4 rings (SSSR count). The molecule has 0 aliphatic carbocycles. The monoisotopic (exact) mass is 529 g/mol. The third-order valence-electron chi connectivity index (χ3n) is 5.04. The number of hydrogen-bond donors (Lipinski definition) is 2. The molecule has 158 valence electrons. The lowest BCUT2D eigenvalue weighted by molar-refractivity contribution is 0.113. The van der Waals surface area contributed by atoms with Crippen LogP contribution in [-0.2, 0) is 10.0 Å². The van der Waals surface area contributed by atoms with Crippen LogP contribution in [-0.4, -0.2) is 47.0 Å². The van der Waals surface area contributed by atoms with Gasteiger partial charge < -0.3 is 10.1 Å². The summed E-state index contributed by atoms with van der Waals surface area (Å²) in [4.78, 5) is 7.72. The smallest absolute Gasteiger partial charge is 0.244 e. The number of imidazole rings is 1. The fraction of sp³-hybridized carbons (Fsp3) is 0.250. The maximum absolute atomic E-state index is 13.1. The number of piperidine rings is 1. The van der Waals surface area contributed by atoms with Gasteiger partial charge in [-0.05, 0) is 59.1 Å². The number of benzene rings is 2. The number of aromatic nitrogens is 2. The number of nitrogens with zero attached hydrogens (tertiary/aromatic N) is 2. The van der Waals surface area contributed by atoms with Crippen LogP contribution in [0.4, 0.5) is 0 Å². The van der Waals surface area contributed by atoms with Crippen LogP contribution in [0.2, 0.25) is 10.0 Å². The van der Waals surface area contributed by atoms with Gasteiger partial charge in [0.1, 0.15) is 10.7 Å². The lowest BCUT2D eigenvalue weighted by atomic mass is 10.1. The average Bonchev–Trinajstić information content (AvgIpc) is 3.21. The molecule has 1 aromatic heterocycles. The molecule has 3 aromatic rings. The number of sulfonamides is 1. The van der Waals surface area contributed by atoms with Crippen molar-refractivity contribution in [2.45, 2.75) is 23.8 Å². The summed E-state index contributed by atoms with van der Waals surface area (Å²) >= 11 is 15.7. The van der Waals surface area contributed by atoms with E-state index in [-0.39, 0.29) is 23.0 Å². The van der Waals surface area contributed by atoms with Crippen LogP contribution in [0.25, 0.3) is 22.6 Å². The fourth-order valence-electron chi connectivity index (χ4n) is 3.34. The van der Waals surface area contributed by atoms with Crippen molar-refractivity contribution < 1.29 is 13.5 Å². The lowest BCUT2D eigenvalue weighted by Crippen LogP contribution is -2.40. The van der Waals surface area contributed by atoms with Crippen molar-refractivity contribution >= 4 is 49.2 Å². The second kappa shape index (κ2) is 8.61. The molecule has 1 saturated heterocycles. The Labute approximate surface area is 193 Å². The van der Waals surface area contributed by atoms with Crippen molar-refractivity contribution in [3.8, 4) is 22.6 Å². The molecule has 0 spiro atoms. The van der Waals surface area contributed by atoms with Crippen molar-refractivity contribution in [2.24, 2.45) is 0 Å². The zero-order chi connectivity index (χ0) is 21.5. The van der Waals surface area contributed by atoms with E-state index in [0.29, 0.717) is 34.9 Å². The van der Waals surface area contributed by atoms with E-state index in [9.17, 15) is 13.5 Å². The third kappa shape index (κ3) is 4.30. The highest BCUT2D eigenvalue weighted by Crippen LogP contribution is 2.32. The van der Waals surface area contributed by atoms with Crippen molar-refractivity contribution in [3.05, 3.63) is 57.1 Å². The Morgan fingerprint density at radius 2 is 1.73 bits per heavy atom. The number of aliphatic hydroxyl groups is 1. The lowest BCUT2D eigenvalue weighted by Gasteiger charge is -2.29. The van der Waals surface area contributed by atoms with Crippen LogP contribution < -0.4 is 0 Å². The van der Waals surface area contributed by atoms with Gasteiger partial charge in [0.2, 0.25) is 10.0 Å². The summed E-state index contributed by atoms with van der Waals surface area (Å²) in [5, 5.41) is 10.4. The van der Waals surface area contributed by atoms with E-state index in [1.807, 2.05) is 12.1 Å². The van der Waals surface area contributed by atoms with Crippen LogP contribution in [0.1, 0.15) is 12.8 Å². The number of nitrogens with one attached hydrogen (secondary N) is 1. The van der Waals surface area contributed by atoms with E-state index in [0.717, 1.165) is 10.0 Å². The minimum atomic E-state index is -3.77. The molecule has 6 nitrogen and oxygen atoms in total. The molecular weight excluding hydrogens is 513 g/mol. The molecular formula is C20H18BrCl2N3O3S. The number of rotatable bonds is 4. The largest absolute Gasteiger partial charge is 0.393 e. The molecule has 1 aliphatic rings. The van der Waals surface area contributed by atoms with Crippen LogP contribution >= 0.6 is 39.1 Å². The summed E-state index contributed by atoms with van der Waals surface area (Å²) in [6.45, 7) is 0.529. The molecule has 10 heteroatoms. The van der Waals surface area contributed by atoms with Gasteiger partial charge in [-0.15, -0.1) is 0 Å². The van der Waals surface area contributed by atoms with Gasteiger partial charge in [-0.1, -0.05) is 29.3 Å². The molecule has 0 saturated carbocycles. The predicted octanol–water partition coefficient (Wildman–Crippen LogP) is 4.96. The first-order chi connectivity index (χ1) is 14.3. The Kier molecular flexibility index (Phi) is 6.25. The number of aromatic amines is 1. The van der Waals surface area contributed by atoms with Crippen molar-refractivity contribution in [1.29, 1.82) is 0 Å². The first-order valence-corrected chi connectivity index (χ1v) is 12.2. The summed E-state index contributed by atoms with van der Waals surface area (Å²) in [6, 6.07) is 10.3. The molecule has 30 heavy (non-hydrogen) atoms. The second-order valence-corrected chi connectivity index (χ2v) is 10.6. The molecule has 0 atom stereocenters. The van der Waals surface area contributed by atoms with Gasteiger partial charge in [0, 0.05) is 34.9 Å². The highest BCUT2D eigenvalue weighted by Gasteiger charge is 2.30. The van der Waals surface area contributed by atoms with Crippen LogP contribution in [0.15, 0.2) is 52.0 Å². The first-order valence-electron chi connectivity index (χ1n) is 9.24. The highest BCUT2D eigenvalue weighted by molar-refractivity contribution is 9.10.